The Hall–Kier alpha value is -4.20. The standard InChI is InChI=1S/C30H30F2N4O5/c1-17(2)13-21(25(37)36-16-29(15-24(36)33-3)19-7-5-6-8-20(19)34-26(29)38)35(4)27(39)28(11-12-28)18-9-10-22-23(14-18)41-30(31,32)40-22/h5-10,14,17,21,24H,11-13,15-16H2,1-2,4H3,(H,34,38)/t21-,24-,29-/m0/s1. The van der Waals surface area contributed by atoms with Gasteiger partial charge in [0.1, 0.15) is 11.5 Å². The third-order valence-corrected chi connectivity index (χ3v) is 8.77. The van der Waals surface area contributed by atoms with Gasteiger partial charge in [0.15, 0.2) is 11.5 Å². The Morgan fingerprint density at radius 1 is 1.17 bits per heavy atom. The number of amides is 3. The first-order valence-electron chi connectivity index (χ1n) is 13.7. The molecule has 4 aliphatic rings. The monoisotopic (exact) mass is 564 g/mol. The number of benzene rings is 2. The zero-order valence-electron chi connectivity index (χ0n) is 22.9. The SMILES string of the molecule is [C-]#[N+][C@@H]1C[C@@]2(CN1C(=O)[C@H](CC(C)C)N(C)C(=O)C1(c3ccc4c(c3)OC(F)(F)O4)CC1)C(=O)Nc1ccccc12. The van der Waals surface area contributed by atoms with Crippen molar-refractivity contribution >= 4 is 23.4 Å². The molecule has 1 saturated carbocycles. The summed E-state index contributed by atoms with van der Waals surface area (Å²) in [6.45, 7) is 11.8. The quantitative estimate of drug-likeness (QED) is 0.529. The van der Waals surface area contributed by atoms with Crippen LogP contribution < -0.4 is 14.8 Å². The molecule has 2 aromatic rings. The third kappa shape index (κ3) is 4.19. The topological polar surface area (TPSA) is 92.5 Å². The number of hydrogen-bond acceptors (Lipinski definition) is 5. The van der Waals surface area contributed by atoms with E-state index >= 15 is 0 Å². The minimum Gasteiger partial charge on any atom is -0.395 e. The highest BCUT2D eigenvalue weighted by atomic mass is 19.3. The maximum atomic E-state index is 14.2. The molecular weight excluding hydrogens is 534 g/mol. The number of para-hydroxylation sites is 1. The largest absolute Gasteiger partial charge is 0.586 e. The third-order valence-electron chi connectivity index (χ3n) is 8.77. The van der Waals surface area contributed by atoms with E-state index in [2.05, 4.69) is 19.6 Å². The van der Waals surface area contributed by atoms with E-state index in [4.69, 9.17) is 6.57 Å². The molecule has 0 aromatic heterocycles. The fourth-order valence-corrected chi connectivity index (χ4v) is 6.50. The van der Waals surface area contributed by atoms with Gasteiger partial charge in [-0.25, -0.2) is 6.57 Å². The summed E-state index contributed by atoms with van der Waals surface area (Å²) < 4.78 is 36.3. The van der Waals surface area contributed by atoms with Gasteiger partial charge in [-0.3, -0.25) is 24.1 Å². The predicted molar refractivity (Wildman–Crippen MR) is 143 cm³/mol. The van der Waals surface area contributed by atoms with Crippen LogP contribution in [0.5, 0.6) is 11.5 Å². The van der Waals surface area contributed by atoms with E-state index in [9.17, 15) is 23.2 Å². The van der Waals surface area contributed by atoms with Gasteiger partial charge in [-0.2, -0.15) is 0 Å². The number of anilines is 1. The summed E-state index contributed by atoms with van der Waals surface area (Å²) >= 11 is 0. The number of likely N-dealkylation sites (tertiary alicyclic amines) is 1. The average molecular weight is 565 g/mol. The number of alkyl halides is 2. The summed E-state index contributed by atoms with van der Waals surface area (Å²) in [7, 11) is 1.57. The molecule has 1 spiro atoms. The molecule has 3 heterocycles. The lowest BCUT2D eigenvalue weighted by Crippen LogP contribution is -2.53. The molecular formula is C30H30F2N4O5. The molecule has 3 amide bonds. The van der Waals surface area contributed by atoms with Gasteiger partial charge < -0.3 is 19.7 Å². The Labute approximate surface area is 236 Å². The predicted octanol–water partition coefficient (Wildman–Crippen LogP) is 4.28. The van der Waals surface area contributed by atoms with Gasteiger partial charge in [0.05, 0.1) is 11.8 Å². The van der Waals surface area contributed by atoms with Crippen molar-refractivity contribution in [2.75, 3.05) is 18.9 Å². The number of nitrogens with zero attached hydrogens (tertiary/aromatic N) is 3. The zero-order valence-corrected chi connectivity index (χ0v) is 22.9. The summed E-state index contributed by atoms with van der Waals surface area (Å²) in [5.74, 6) is -1.13. The second kappa shape index (κ2) is 9.16. The van der Waals surface area contributed by atoms with Gasteiger partial charge in [-0.05, 0) is 54.5 Å². The van der Waals surface area contributed by atoms with Crippen LogP contribution in [0.3, 0.4) is 0 Å². The van der Waals surface area contributed by atoms with Gasteiger partial charge in [-0.15, -0.1) is 8.78 Å². The molecule has 3 atom stereocenters. The maximum absolute atomic E-state index is 14.2. The van der Waals surface area contributed by atoms with Gasteiger partial charge in [-0.1, -0.05) is 38.1 Å². The number of hydrogen-bond donors (Lipinski definition) is 1. The van der Waals surface area contributed by atoms with Crippen molar-refractivity contribution in [3.63, 3.8) is 0 Å². The number of carbonyl (C=O) groups is 3. The second-order valence-corrected chi connectivity index (χ2v) is 11.8. The van der Waals surface area contributed by atoms with Crippen molar-refractivity contribution in [2.45, 2.75) is 68.9 Å². The molecule has 3 aliphatic heterocycles. The minimum absolute atomic E-state index is 0.0415. The van der Waals surface area contributed by atoms with Gasteiger partial charge in [0.25, 0.3) is 5.91 Å². The van der Waals surface area contributed by atoms with E-state index in [0.717, 1.165) is 5.56 Å². The van der Waals surface area contributed by atoms with Crippen LogP contribution in [-0.2, 0) is 25.2 Å². The fourth-order valence-electron chi connectivity index (χ4n) is 6.50. The molecule has 1 saturated heterocycles. The van der Waals surface area contributed by atoms with E-state index in [0.29, 0.717) is 30.5 Å². The van der Waals surface area contributed by atoms with E-state index in [1.165, 1.54) is 21.9 Å². The summed E-state index contributed by atoms with van der Waals surface area (Å²) in [5, 5.41) is 2.90. The lowest BCUT2D eigenvalue weighted by Gasteiger charge is -2.34. The zero-order chi connectivity index (χ0) is 29.3. The van der Waals surface area contributed by atoms with Crippen LogP contribution in [0.4, 0.5) is 14.5 Å². The smallest absolute Gasteiger partial charge is 0.395 e. The summed E-state index contributed by atoms with van der Waals surface area (Å²) in [5.41, 5.74) is -0.0408. The highest BCUT2D eigenvalue weighted by Gasteiger charge is 2.60. The van der Waals surface area contributed by atoms with Crippen molar-refractivity contribution in [1.82, 2.24) is 9.80 Å². The number of fused-ring (bicyclic) bond motifs is 3. The summed E-state index contributed by atoms with van der Waals surface area (Å²) in [6, 6.07) is 10.8. The van der Waals surface area contributed by atoms with Crippen molar-refractivity contribution < 1.29 is 32.6 Å². The number of halogens is 2. The van der Waals surface area contributed by atoms with Crippen molar-refractivity contribution in [3.05, 3.63) is 65.0 Å². The molecule has 0 unspecified atom stereocenters. The van der Waals surface area contributed by atoms with Crippen molar-refractivity contribution in [3.8, 4) is 11.5 Å². The average Bonchev–Trinajstić information content (AvgIpc) is 3.45. The van der Waals surface area contributed by atoms with E-state index in [1.807, 2.05) is 32.0 Å². The molecule has 2 aromatic carbocycles. The second-order valence-electron chi connectivity index (χ2n) is 11.8. The summed E-state index contributed by atoms with van der Waals surface area (Å²) in [4.78, 5) is 48.0. The Bertz CT molecular complexity index is 1500. The highest BCUT2D eigenvalue weighted by molar-refractivity contribution is 6.07. The molecule has 0 bridgehead atoms. The van der Waals surface area contributed by atoms with Crippen LogP contribution in [-0.4, -0.2) is 59.6 Å². The normalized spacial score (nSPS) is 25.0. The van der Waals surface area contributed by atoms with Crippen LogP contribution in [0.25, 0.3) is 4.85 Å². The molecule has 9 nitrogen and oxygen atoms in total. The van der Waals surface area contributed by atoms with Crippen LogP contribution in [0.1, 0.15) is 50.7 Å². The van der Waals surface area contributed by atoms with Crippen LogP contribution >= 0.6 is 0 Å². The van der Waals surface area contributed by atoms with Crippen molar-refractivity contribution in [2.24, 2.45) is 5.92 Å². The first-order chi connectivity index (χ1) is 19.4. The lowest BCUT2D eigenvalue weighted by atomic mass is 9.80. The molecule has 1 aliphatic carbocycles. The Balaban J connectivity index is 1.28. The molecule has 11 heteroatoms. The fraction of sp³-hybridized carbons (Fsp3) is 0.467. The molecule has 0 radical (unpaired) electrons. The number of carbonyl (C=O) groups excluding carboxylic acids is 3. The molecule has 2 fully saturated rings. The van der Waals surface area contributed by atoms with E-state index < -0.39 is 29.3 Å². The van der Waals surface area contributed by atoms with E-state index in [-0.39, 0.29) is 48.1 Å². The first kappa shape index (κ1) is 27.0. The molecule has 41 heavy (non-hydrogen) atoms. The molecule has 214 valence electrons. The lowest BCUT2D eigenvalue weighted by molar-refractivity contribution is -0.286. The Morgan fingerprint density at radius 2 is 1.88 bits per heavy atom. The van der Waals surface area contributed by atoms with Crippen LogP contribution in [0, 0.1) is 12.5 Å². The van der Waals surface area contributed by atoms with Gasteiger partial charge >= 0.3 is 12.5 Å². The van der Waals surface area contributed by atoms with E-state index in [1.54, 1.807) is 19.2 Å². The molecule has 1 N–H and O–H groups in total. The van der Waals surface area contributed by atoms with Crippen LogP contribution in [0.2, 0.25) is 0 Å². The number of rotatable bonds is 6. The maximum Gasteiger partial charge on any atom is 0.586 e. The summed E-state index contributed by atoms with van der Waals surface area (Å²) in [6.07, 6.45) is -3.13. The van der Waals surface area contributed by atoms with Crippen LogP contribution in [0.15, 0.2) is 42.5 Å². The Morgan fingerprint density at radius 3 is 2.56 bits per heavy atom. The molecule has 6 rings (SSSR count). The highest BCUT2D eigenvalue weighted by Crippen LogP contribution is 2.53. The minimum atomic E-state index is -3.77. The van der Waals surface area contributed by atoms with Gasteiger partial charge in [0, 0.05) is 19.3 Å². The Kier molecular flexibility index (Phi) is 6.03. The number of likely N-dealkylation sites (N-methyl/N-ethyl adjacent to an activating group) is 1. The van der Waals surface area contributed by atoms with Gasteiger partial charge in [0.2, 0.25) is 11.8 Å². The number of nitrogens with one attached hydrogen (secondary N) is 1. The van der Waals surface area contributed by atoms with Crippen molar-refractivity contribution in [1.29, 1.82) is 0 Å². The number of ether oxygens (including phenoxy) is 2. The first-order valence-corrected chi connectivity index (χ1v) is 13.7.